The maximum Gasteiger partial charge on any atom is 0.187 e. The average molecular weight is 236 g/mol. The van der Waals surface area contributed by atoms with Gasteiger partial charge in [-0.2, -0.15) is 0 Å². The first-order valence-corrected chi connectivity index (χ1v) is 9.18. The maximum absolute atomic E-state index is 6.17. The molecule has 0 unspecified atom stereocenters. The third kappa shape index (κ3) is 2.37. The number of benzene rings is 1. The largest absolute Gasteiger partial charge is 0.390 e. The molecule has 2 atom stereocenters. The minimum absolute atomic E-state index is 0.341. The molecule has 0 heterocycles. The van der Waals surface area contributed by atoms with E-state index in [1.165, 1.54) is 5.56 Å². The Bertz CT molecular complexity index is 358. The molecular formula is C13H20O2Si. The van der Waals surface area contributed by atoms with Crippen LogP contribution in [0.3, 0.4) is 0 Å². The van der Waals surface area contributed by atoms with Crippen LogP contribution in [-0.2, 0) is 9.16 Å². The molecule has 88 valence electrons. The van der Waals surface area contributed by atoms with Crippen molar-refractivity contribution in [3.8, 4) is 0 Å². The van der Waals surface area contributed by atoms with Crippen LogP contribution in [0.5, 0.6) is 0 Å². The molecule has 0 saturated heterocycles. The quantitative estimate of drug-likeness (QED) is 0.589. The van der Waals surface area contributed by atoms with Gasteiger partial charge in [-0.3, -0.25) is 0 Å². The third-order valence-corrected chi connectivity index (χ3v) is 3.84. The van der Waals surface area contributed by atoms with Gasteiger partial charge in [0.1, 0.15) is 0 Å². The second-order valence-corrected chi connectivity index (χ2v) is 9.83. The Balaban J connectivity index is 2.12. The van der Waals surface area contributed by atoms with E-state index in [2.05, 4.69) is 43.9 Å². The maximum atomic E-state index is 6.17. The summed E-state index contributed by atoms with van der Waals surface area (Å²) in [5.74, 6) is 0.0664. The molecule has 16 heavy (non-hydrogen) atoms. The molecule has 0 bridgehead atoms. The van der Waals surface area contributed by atoms with E-state index in [0.29, 0.717) is 5.92 Å². The van der Waals surface area contributed by atoms with Crippen LogP contribution < -0.4 is 0 Å². The molecule has 1 aliphatic rings. The Morgan fingerprint density at radius 2 is 1.81 bits per heavy atom. The molecule has 2 rings (SSSR count). The Hall–Kier alpha value is -0.643. The SMILES string of the molecule is CO[C@]1(O[Si](C)(C)C)C[C@@H]1c1ccccc1. The van der Waals surface area contributed by atoms with Crippen molar-refractivity contribution in [1.29, 1.82) is 0 Å². The van der Waals surface area contributed by atoms with Gasteiger partial charge in [0.2, 0.25) is 0 Å². The highest BCUT2D eigenvalue weighted by atomic mass is 28.4. The zero-order chi connectivity index (χ0) is 11.8. The van der Waals surface area contributed by atoms with Crippen molar-refractivity contribution in [1.82, 2.24) is 0 Å². The van der Waals surface area contributed by atoms with Crippen molar-refractivity contribution in [2.24, 2.45) is 0 Å². The average Bonchev–Trinajstić information content (AvgIpc) is 2.92. The van der Waals surface area contributed by atoms with Gasteiger partial charge in [-0.25, -0.2) is 0 Å². The van der Waals surface area contributed by atoms with Crippen molar-refractivity contribution in [3.05, 3.63) is 35.9 Å². The lowest BCUT2D eigenvalue weighted by Crippen LogP contribution is -2.35. The molecule has 0 radical (unpaired) electrons. The van der Waals surface area contributed by atoms with E-state index in [4.69, 9.17) is 9.16 Å². The molecule has 1 aromatic rings. The van der Waals surface area contributed by atoms with Crippen LogP contribution in [0.25, 0.3) is 0 Å². The monoisotopic (exact) mass is 236 g/mol. The predicted molar refractivity (Wildman–Crippen MR) is 68.0 cm³/mol. The minimum atomic E-state index is -1.55. The van der Waals surface area contributed by atoms with E-state index in [0.717, 1.165) is 6.42 Å². The van der Waals surface area contributed by atoms with Crippen LogP contribution in [-0.4, -0.2) is 21.2 Å². The van der Waals surface area contributed by atoms with Gasteiger partial charge < -0.3 is 9.16 Å². The molecular weight excluding hydrogens is 216 g/mol. The molecule has 3 heteroatoms. The highest BCUT2D eigenvalue weighted by Gasteiger charge is 2.58. The van der Waals surface area contributed by atoms with Gasteiger partial charge in [0, 0.05) is 19.4 Å². The fraction of sp³-hybridized carbons (Fsp3) is 0.538. The number of hydrogen-bond donors (Lipinski definition) is 0. The van der Waals surface area contributed by atoms with Crippen LogP contribution in [0, 0.1) is 0 Å². The van der Waals surface area contributed by atoms with Gasteiger partial charge in [-0.05, 0) is 25.2 Å². The molecule has 1 fully saturated rings. The molecule has 1 aliphatic carbocycles. The van der Waals surface area contributed by atoms with Gasteiger partial charge in [-0.15, -0.1) is 0 Å². The van der Waals surface area contributed by atoms with Crippen molar-refractivity contribution in [2.45, 2.75) is 37.8 Å². The number of hydrogen-bond acceptors (Lipinski definition) is 2. The van der Waals surface area contributed by atoms with E-state index in [9.17, 15) is 0 Å². The first kappa shape index (κ1) is 11.8. The summed E-state index contributed by atoms with van der Waals surface area (Å²) in [6.07, 6.45) is 0.984. The lowest BCUT2D eigenvalue weighted by atomic mass is 10.1. The Labute approximate surface area is 98.7 Å². The Morgan fingerprint density at radius 3 is 2.31 bits per heavy atom. The second kappa shape index (κ2) is 3.98. The smallest absolute Gasteiger partial charge is 0.187 e. The van der Waals surface area contributed by atoms with E-state index in [1.807, 2.05) is 6.07 Å². The van der Waals surface area contributed by atoms with Gasteiger partial charge in [0.15, 0.2) is 14.1 Å². The number of rotatable bonds is 4. The van der Waals surface area contributed by atoms with Crippen LogP contribution >= 0.6 is 0 Å². The first-order valence-electron chi connectivity index (χ1n) is 5.77. The van der Waals surface area contributed by atoms with E-state index >= 15 is 0 Å². The predicted octanol–water partition coefficient (Wildman–Crippen LogP) is 3.37. The Kier molecular flexibility index (Phi) is 2.95. The summed E-state index contributed by atoms with van der Waals surface area (Å²) in [4.78, 5) is 0. The van der Waals surface area contributed by atoms with Gasteiger partial charge >= 0.3 is 0 Å². The summed E-state index contributed by atoms with van der Waals surface area (Å²) in [5.41, 5.74) is 1.32. The molecule has 1 aromatic carbocycles. The highest BCUT2D eigenvalue weighted by molar-refractivity contribution is 6.69. The molecule has 0 aromatic heterocycles. The summed E-state index contributed by atoms with van der Waals surface area (Å²) >= 11 is 0. The number of ether oxygens (including phenoxy) is 1. The Morgan fingerprint density at radius 1 is 1.19 bits per heavy atom. The van der Waals surface area contributed by atoms with Crippen molar-refractivity contribution in [2.75, 3.05) is 7.11 Å². The first-order chi connectivity index (χ1) is 7.47. The zero-order valence-corrected chi connectivity index (χ0v) is 11.5. The summed E-state index contributed by atoms with van der Waals surface area (Å²) in [6, 6.07) is 10.5. The summed E-state index contributed by atoms with van der Waals surface area (Å²) in [6.45, 7) is 6.61. The third-order valence-electron chi connectivity index (χ3n) is 2.89. The minimum Gasteiger partial charge on any atom is -0.390 e. The number of methoxy groups -OCH3 is 1. The lowest BCUT2D eigenvalue weighted by Gasteiger charge is -2.26. The fourth-order valence-electron chi connectivity index (χ4n) is 2.18. The molecule has 2 nitrogen and oxygen atoms in total. The van der Waals surface area contributed by atoms with Crippen molar-refractivity contribution >= 4 is 8.32 Å². The van der Waals surface area contributed by atoms with Crippen LogP contribution in [0.1, 0.15) is 17.9 Å². The fourth-order valence-corrected chi connectivity index (χ4v) is 3.53. The summed E-state index contributed by atoms with van der Waals surface area (Å²) < 4.78 is 11.8. The van der Waals surface area contributed by atoms with Crippen LogP contribution in [0.4, 0.5) is 0 Å². The van der Waals surface area contributed by atoms with Crippen molar-refractivity contribution in [3.63, 3.8) is 0 Å². The summed E-state index contributed by atoms with van der Waals surface area (Å²) in [7, 11) is 0.202. The molecule has 0 spiro atoms. The van der Waals surface area contributed by atoms with Gasteiger partial charge in [0.25, 0.3) is 0 Å². The van der Waals surface area contributed by atoms with Crippen molar-refractivity contribution < 1.29 is 9.16 Å². The van der Waals surface area contributed by atoms with Crippen LogP contribution in [0.15, 0.2) is 30.3 Å². The van der Waals surface area contributed by atoms with Gasteiger partial charge in [0.05, 0.1) is 0 Å². The normalized spacial score (nSPS) is 29.1. The standard InChI is InChI=1S/C13H20O2Si/c1-14-13(15-16(2,3)4)10-12(13)11-8-6-5-7-9-11/h5-9,12H,10H2,1-4H3/t12-,13+/m1/s1. The van der Waals surface area contributed by atoms with E-state index in [-0.39, 0.29) is 5.79 Å². The lowest BCUT2D eigenvalue weighted by molar-refractivity contribution is -0.0904. The topological polar surface area (TPSA) is 18.5 Å². The second-order valence-electron chi connectivity index (χ2n) is 5.40. The highest BCUT2D eigenvalue weighted by Crippen LogP contribution is 2.55. The molecule has 0 aliphatic heterocycles. The van der Waals surface area contributed by atoms with E-state index in [1.54, 1.807) is 7.11 Å². The van der Waals surface area contributed by atoms with Crippen LogP contribution in [0.2, 0.25) is 19.6 Å². The summed E-state index contributed by atoms with van der Waals surface area (Å²) in [5, 5.41) is 0. The molecule has 0 N–H and O–H groups in total. The van der Waals surface area contributed by atoms with Gasteiger partial charge in [-0.1, -0.05) is 30.3 Å². The zero-order valence-electron chi connectivity index (χ0n) is 10.5. The molecule has 0 amide bonds. The van der Waals surface area contributed by atoms with E-state index < -0.39 is 8.32 Å². The molecule has 1 saturated carbocycles.